The lowest BCUT2D eigenvalue weighted by Gasteiger charge is -2.16. The van der Waals surface area contributed by atoms with Crippen LogP contribution in [0.2, 0.25) is 5.02 Å². The molecule has 0 spiro atoms. The average molecular weight is 297 g/mol. The number of hydrogen-bond acceptors (Lipinski definition) is 5. The number of methoxy groups -OCH3 is 1. The van der Waals surface area contributed by atoms with Crippen LogP contribution in [-0.2, 0) is 6.54 Å². The number of nitrogens with zero attached hydrogens (tertiary/aromatic N) is 3. The Morgan fingerprint density at radius 1 is 1.30 bits per heavy atom. The molecule has 2 aromatic rings. The van der Waals surface area contributed by atoms with Gasteiger partial charge in [-0.25, -0.2) is 4.68 Å². The third-order valence-electron chi connectivity index (χ3n) is 2.53. The van der Waals surface area contributed by atoms with Crippen molar-refractivity contribution in [1.29, 1.82) is 0 Å². The summed E-state index contributed by atoms with van der Waals surface area (Å²) in [5.41, 5.74) is 4.09. The maximum atomic E-state index is 6.25. The molecule has 0 saturated heterocycles. The summed E-state index contributed by atoms with van der Waals surface area (Å²) in [5, 5.41) is 7.95. The molecular weight excluding hydrogens is 280 g/mol. The molecule has 2 rings (SSSR count). The van der Waals surface area contributed by atoms with Crippen LogP contribution in [0.1, 0.15) is 19.4 Å². The topological polar surface area (TPSA) is 61.2 Å². The quantitative estimate of drug-likeness (QED) is 0.887. The third-order valence-corrected chi connectivity index (χ3v) is 2.81. The highest BCUT2D eigenvalue weighted by atomic mass is 35.5. The molecular formula is C13H17ClN4O2. The van der Waals surface area contributed by atoms with E-state index in [-0.39, 0.29) is 6.10 Å². The second-order valence-electron chi connectivity index (χ2n) is 4.48. The maximum absolute atomic E-state index is 6.25. The molecule has 6 nitrogen and oxygen atoms in total. The number of ether oxygens (including phenoxy) is 2. The van der Waals surface area contributed by atoms with Crippen molar-refractivity contribution in [2.75, 3.05) is 12.5 Å². The molecule has 108 valence electrons. The first-order valence-electron chi connectivity index (χ1n) is 6.21. The van der Waals surface area contributed by atoms with Crippen LogP contribution in [0.15, 0.2) is 24.8 Å². The molecule has 0 aliphatic carbocycles. The smallest absolute Gasteiger partial charge is 0.180 e. The van der Waals surface area contributed by atoms with Gasteiger partial charge in [-0.15, -0.1) is 10.2 Å². The Bertz CT molecular complexity index is 558. The second-order valence-corrected chi connectivity index (χ2v) is 4.89. The van der Waals surface area contributed by atoms with Gasteiger partial charge in [-0.2, -0.15) is 0 Å². The van der Waals surface area contributed by atoms with Gasteiger partial charge in [0.15, 0.2) is 11.5 Å². The van der Waals surface area contributed by atoms with Crippen LogP contribution in [-0.4, -0.2) is 28.1 Å². The monoisotopic (exact) mass is 296 g/mol. The zero-order valence-electron chi connectivity index (χ0n) is 11.6. The van der Waals surface area contributed by atoms with Crippen LogP contribution in [0.3, 0.4) is 0 Å². The van der Waals surface area contributed by atoms with Crippen molar-refractivity contribution in [3.63, 3.8) is 0 Å². The van der Waals surface area contributed by atoms with E-state index in [1.807, 2.05) is 26.0 Å². The van der Waals surface area contributed by atoms with Gasteiger partial charge in [0, 0.05) is 0 Å². The Kier molecular flexibility index (Phi) is 4.68. The van der Waals surface area contributed by atoms with E-state index in [0.29, 0.717) is 23.1 Å². The first-order valence-corrected chi connectivity index (χ1v) is 6.59. The van der Waals surface area contributed by atoms with Crippen LogP contribution < -0.4 is 14.9 Å². The lowest BCUT2D eigenvalue weighted by Crippen LogP contribution is -2.13. The van der Waals surface area contributed by atoms with E-state index in [2.05, 4.69) is 15.6 Å². The molecule has 1 aromatic carbocycles. The van der Waals surface area contributed by atoms with E-state index in [1.165, 1.54) is 0 Å². The van der Waals surface area contributed by atoms with Gasteiger partial charge < -0.3 is 14.9 Å². The summed E-state index contributed by atoms with van der Waals surface area (Å²) in [5.74, 6) is 1.18. The van der Waals surface area contributed by atoms with Gasteiger partial charge in [-0.05, 0) is 31.5 Å². The Hall–Kier alpha value is -1.95. The van der Waals surface area contributed by atoms with Crippen molar-refractivity contribution in [2.45, 2.75) is 26.5 Å². The van der Waals surface area contributed by atoms with Crippen LogP contribution >= 0.6 is 11.6 Å². The van der Waals surface area contributed by atoms with Crippen molar-refractivity contribution in [3.8, 4) is 11.5 Å². The Balaban J connectivity index is 2.16. The van der Waals surface area contributed by atoms with Gasteiger partial charge in [-0.1, -0.05) is 11.6 Å². The highest BCUT2D eigenvalue weighted by molar-refractivity contribution is 6.32. The molecule has 0 atom stereocenters. The van der Waals surface area contributed by atoms with Crippen molar-refractivity contribution in [3.05, 3.63) is 35.4 Å². The molecule has 1 heterocycles. The maximum Gasteiger partial charge on any atom is 0.180 e. The molecule has 0 aliphatic rings. The minimum atomic E-state index is 0.0300. The number of aromatic nitrogens is 3. The largest absolute Gasteiger partial charge is 0.493 e. The van der Waals surface area contributed by atoms with Crippen molar-refractivity contribution >= 4 is 11.6 Å². The van der Waals surface area contributed by atoms with E-state index in [9.17, 15) is 0 Å². The summed E-state index contributed by atoms with van der Waals surface area (Å²) >= 11 is 6.25. The first kappa shape index (κ1) is 14.5. The zero-order chi connectivity index (χ0) is 14.5. The lowest BCUT2D eigenvalue weighted by molar-refractivity contribution is 0.230. The van der Waals surface area contributed by atoms with E-state index < -0.39 is 0 Å². The molecule has 0 unspecified atom stereocenters. The molecule has 0 amide bonds. The molecule has 1 N–H and O–H groups in total. The Morgan fingerprint density at radius 2 is 2.00 bits per heavy atom. The average Bonchev–Trinajstić information content (AvgIpc) is 2.91. The first-order chi connectivity index (χ1) is 9.60. The number of halogens is 1. The van der Waals surface area contributed by atoms with E-state index in [1.54, 1.807) is 24.4 Å². The molecule has 0 fully saturated rings. The van der Waals surface area contributed by atoms with Crippen molar-refractivity contribution in [2.24, 2.45) is 0 Å². The van der Waals surface area contributed by atoms with Crippen LogP contribution in [0, 0.1) is 0 Å². The van der Waals surface area contributed by atoms with Gasteiger partial charge in [0.05, 0.1) is 24.8 Å². The molecule has 0 saturated carbocycles. The van der Waals surface area contributed by atoms with Crippen LogP contribution in [0.4, 0.5) is 0 Å². The molecule has 20 heavy (non-hydrogen) atoms. The normalized spacial score (nSPS) is 10.7. The van der Waals surface area contributed by atoms with Crippen molar-refractivity contribution in [1.82, 2.24) is 14.9 Å². The third kappa shape index (κ3) is 3.54. The fourth-order valence-electron chi connectivity index (χ4n) is 1.69. The molecule has 0 radical (unpaired) electrons. The van der Waals surface area contributed by atoms with Gasteiger partial charge in [0.2, 0.25) is 0 Å². The predicted octanol–water partition coefficient (Wildman–Crippen LogP) is 2.47. The summed E-state index contributed by atoms with van der Waals surface area (Å²) in [7, 11) is 1.59. The van der Waals surface area contributed by atoms with E-state index in [0.717, 1.165) is 5.56 Å². The zero-order valence-corrected chi connectivity index (χ0v) is 12.4. The van der Waals surface area contributed by atoms with Crippen LogP contribution in [0.25, 0.3) is 0 Å². The van der Waals surface area contributed by atoms with E-state index >= 15 is 0 Å². The van der Waals surface area contributed by atoms with Gasteiger partial charge in [0.25, 0.3) is 0 Å². The fraction of sp³-hybridized carbons (Fsp3) is 0.385. The second kappa shape index (κ2) is 6.47. The number of rotatable bonds is 6. The SMILES string of the molecule is COc1cc(CNn2cnnc2)cc(Cl)c1OC(C)C. The standard InChI is InChI=1S/C13H17ClN4O2/c1-9(2)20-13-11(14)4-10(5-12(13)19-3)6-17-18-7-15-16-8-18/h4-5,7-9,17H,6H2,1-3H3. The summed E-state index contributed by atoms with van der Waals surface area (Å²) in [6, 6.07) is 3.74. The van der Waals surface area contributed by atoms with Crippen LogP contribution in [0.5, 0.6) is 11.5 Å². The molecule has 0 bridgehead atoms. The van der Waals surface area contributed by atoms with E-state index in [4.69, 9.17) is 21.1 Å². The molecule has 7 heteroatoms. The minimum Gasteiger partial charge on any atom is -0.493 e. The number of hydrogen-bond donors (Lipinski definition) is 1. The summed E-state index contributed by atoms with van der Waals surface area (Å²) in [4.78, 5) is 0. The number of benzene rings is 1. The molecule has 0 aliphatic heterocycles. The van der Waals surface area contributed by atoms with Gasteiger partial charge >= 0.3 is 0 Å². The predicted molar refractivity (Wildman–Crippen MR) is 76.9 cm³/mol. The lowest BCUT2D eigenvalue weighted by atomic mass is 10.2. The fourth-order valence-corrected chi connectivity index (χ4v) is 1.97. The van der Waals surface area contributed by atoms with Gasteiger partial charge in [-0.3, -0.25) is 0 Å². The minimum absolute atomic E-state index is 0.0300. The Morgan fingerprint density at radius 3 is 2.60 bits per heavy atom. The molecule has 1 aromatic heterocycles. The van der Waals surface area contributed by atoms with Gasteiger partial charge in [0.1, 0.15) is 12.7 Å². The summed E-state index contributed by atoms with van der Waals surface area (Å²) in [6.07, 6.45) is 3.19. The summed E-state index contributed by atoms with van der Waals surface area (Å²) < 4.78 is 12.7. The highest BCUT2D eigenvalue weighted by Crippen LogP contribution is 2.37. The Labute approximate surface area is 122 Å². The highest BCUT2D eigenvalue weighted by Gasteiger charge is 2.13. The van der Waals surface area contributed by atoms with Crippen molar-refractivity contribution < 1.29 is 9.47 Å². The summed E-state index contributed by atoms with van der Waals surface area (Å²) in [6.45, 7) is 4.45. The number of nitrogens with one attached hydrogen (secondary N) is 1.